The Morgan fingerprint density at radius 1 is 1.14 bits per heavy atom. The van der Waals surface area contributed by atoms with E-state index >= 15 is 0 Å². The van der Waals surface area contributed by atoms with Crippen LogP contribution in [0.1, 0.15) is 25.8 Å². The predicted molar refractivity (Wildman–Crippen MR) is 82.3 cm³/mol. The molecular weight excluding hydrogens is 290 g/mol. The Labute approximate surface area is 130 Å². The van der Waals surface area contributed by atoms with E-state index < -0.39 is 0 Å². The van der Waals surface area contributed by atoms with Gasteiger partial charge in [0.05, 0.1) is 30.4 Å². The lowest BCUT2D eigenvalue weighted by atomic mass is 10.1. The predicted octanol–water partition coefficient (Wildman–Crippen LogP) is 3.11. The first-order valence-corrected chi connectivity index (χ1v) is 7.95. The average molecular weight is 312 g/mol. The van der Waals surface area contributed by atoms with Crippen LogP contribution in [0.15, 0.2) is 12.1 Å². The molecule has 0 aliphatic carbocycles. The fourth-order valence-electron chi connectivity index (χ4n) is 3.05. The molecule has 0 radical (unpaired) electrons. The van der Waals surface area contributed by atoms with Crippen molar-refractivity contribution in [1.29, 1.82) is 0 Å². The molecule has 21 heavy (non-hydrogen) atoms. The first-order valence-electron chi connectivity index (χ1n) is 7.57. The zero-order valence-electron chi connectivity index (χ0n) is 12.6. The van der Waals surface area contributed by atoms with Crippen molar-refractivity contribution in [1.82, 2.24) is 4.90 Å². The van der Waals surface area contributed by atoms with Gasteiger partial charge in [0.2, 0.25) is 0 Å². The van der Waals surface area contributed by atoms with E-state index in [1.54, 1.807) is 0 Å². The highest BCUT2D eigenvalue weighted by Gasteiger charge is 2.23. The molecule has 0 amide bonds. The Kier molecular flexibility index (Phi) is 4.57. The van der Waals surface area contributed by atoms with Crippen molar-refractivity contribution in [3.05, 3.63) is 22.7 Å². The molecule has 2 aliphatic rings. The Balaban J connectivity index is 1.76. The Hall–Kier alpha value is -0.970. The Morgan fingerprint density at radius 3 is 2.62 bits per heavy atom. The van der Waals surface area contributed by atoms with Crippen molar-refractivity contribution >= 4 is 11.6 Å². The zero-order valence-corrected chi connectivity index (χ0v) is 13.4. The van der Waals surface area contributed by atoms with Crippen LogP contribution >= 0.6 is 11.6 Å². The Morgan fingerprint density at radius 2 is 1.86 bits per heavy atom. The Bertz CT molecular complexity index is 499. The van der Waals surface area contributed by atoms with Gasteiger partial charge in [-0.25, -0.2) is 0 Å². The van der Waals surface area contributed by atoms with E-state index in [9.17, 15) is 0 Å². The van der Waals surface area contributed by atoms with Crippen molar-refractivity contribution in [3.8, 4) is 11.5 Å². The summed E-state index contributed by atoms with van der Waals surface area (Å²) < 4.78 is 17.2. The second-order valence-corrected chi connectivity index (χ2v) is 6.31. The summed E-state index contributed by atoms with van der Waals surface area (Å²) >= 11 is 6.35. The lowest BCUT2D eigenvalue weighted by Crippen LogP contribution is -2.44. The van der Waals surface area contributed by atoms with Gasteiger partial charge in [0.15, 0.2) is 11.5 Å². The molecule has 0 unspecified atom stereocenters. The maximum Gasteiger partial charge on any atom is 0.179 e. The second kappa shape index (κ2) is 6.42. The molecule has 0 spiro atoms. The molecule has 5 heteroatoms. The fourth-order valence-corrected chi connectivity index (χ4v) is 3.33. The fraction of sp³-hybridized carbons (Fsp3) is 0.625. The van der Waals surface area contributed by atoms with Crippen LogP contribution in [0.4, 0.5) is 0 Å². The number of ether oxygens (including phenoxy) is 3. The molecule has 2 heterocycles. The molecular formula is C16H22ClNO3. The van der Waals surface area contributed by atoms with Gasteiger partial charge in [0.25, 0.3) is 0 Å². The number of nitrogens with zero attached hydrogens (tertiary/aromatic N) is 1. The minimum Gasteiger partial charge on any atom is -0.489 e. The molecule has 2 atom stereocenters. The van der Waals surface area contributed by atoms with Gasteiger partial charge >= 0.3 is 0 Å². The molecule has 2 aliphatic heterocycles. The van der Waals surface area contributed by atoms with E-state index in [1.165, 1.54) is 0 Å². The van der Waals surface area contributed by atoms with Crippen LogP contribution in [-0.4, -0.2) is 43.4 Å². The summed E-state index contributed by atoms with van der Waals surface area (Å²) in [5.74, 6) is 1.45. The van der Waals surface area contributed by atoms with Crippen molar-refractivity contribution in [2.24, 2.45) is 0 Å². The molecule has 1 fully saturated rings. The van der Waals surface area contributed by atoms with Crippen LogP contribution in [0.2, 0.25) is 5.02 Å². The highest BCUT2D eigenvalue weighted by atomic mass is 35.5. The van der Waals surface area contributed by atoms with E-state index in [2.05, 4.69) is 24.8 Å². The summed E-state index contributed by atoms with van der Waals surface area (Å²) in [6, 6.07) is 4.04. The summed E-state index contributed by atoms with van der Waals surface area (Å²) in [6.07, 6.45) is 1.42. The standard InChI is InChI=1S/C16H22ClNO3/c1-11-8-18(9-12(2)21-11)10-13-6-14(17)16-15(7-13)19-4-3-5-20-16/h6-7,11-12H,3-5,8-10H2,1-2H3/t11-,12-/m1/s1. The third-order valence-electron chi connectivity index (χ3n) is 3.76. The molecule has 3 rings (SSSR count). The van der Waals surface area contributed by atoms with Crippen LogP contribution in [-0.2, 0) is 11.3 Å². The molecule has 0 saturated carbocycles. The largest absolute Gasteiger partial charge is 0.489 e. The lowest BCUT2D eigenvalue weighted by molar-refractivity contribution is -0.0704. The highest BCUT2D eigenvalue weighted by molar-refractivity contribution is 6.32. The normalized spacial score (nSPS) is 26.4. The van der Waals surface area contributed by atoms with Gasteiger partial charge in [-0.05, 0) is 31.5 Å². The van der Waals surface area contributed by atoms with E-state index in [4.69, 9.17) is 25.8 Å². The van der Waals surface area contributed by atoms with Crippen LogP contribution in [0.3, 0.4) is 0 Å². The van der Waals surface area contributed by atoms with Crippen molar-refractivity contribution in [2.45, 2.75) is 39.0 Å². The van der Waals surface area contributed by atoms with Crippen molar-refractivity contribution in [2.75, 3.05) is 26.3 Å². The summed E-state index contributed by atoms with van der Waals surface area (Å²) in [7, 11) is 0. The number of fused-ring (bicyclic) bond motifs is 1. The van der Waals surface area contributed by atoms with Gasteiger partial charge in [-0.3, -0.25) is 4.90 Å². The molecule has 4 nitrogen and oxygen atoms in total. The minimum atomic E-state index is 0.268. The minimum absolute atomic E-state index is 0.268. The van der Waals surface area contributed by atoms with Gasteiger partial charge in [-0.1, -0.05) is 11.6 Å². The molecule has 0 bridgehead atoms. The topological polar surface area (TPSA) is 30.9 Å². The number of morpholine rings is 1. The maximum atomic E-state index is 6.35. The average Bonchev–Trinajstić information content (AvgIpc) is 2.63. The van der Waals surface area contributed by atoms with Gasteiger partial charge in [-0.2, -0.15) is 0 Å². The van der Waals surface area contributed by atoms with Crippen LogP contribution in [0.25, 0.3) is 0 Å². The van der Waals surface area contributed by atoms with Crippen LogP contribution in [0.5, 0.6) is 11.5 Å². The van der Waals surface area contributed by atoms with E-state index in [0.717, 1.165) is 37.4 Å². The molecule has 1 saturated heterocycles. The lowest BCUT2D eigenvalue weighted by Gasteiger charge is -2.35. The van der Waals surface area contributed by atoms with Crippen LogP contribution in [0, 0.1) is 0 Å². The van der Waals surface area contributed by atoms with Crippen LogP contribution < -0.4 is 9.47 Å². The van der Waals surface area contributed by atoms with Gasteiger partial charge < -0.3 is 14.2 Å². The smallest absolute Gasteiger partial charge is 0.179 e. The number of hydrogen-bond donors (Lipinski definition) is 0. The maximum absolute atomic E-state index is 6.35. The SMILES string of the molecule is C[C@@H]1CN(Cc2cc(Cl)c3c(c2)OCCCO3)C[C@@H](C)O1. The summed E-state index contributed by atoms with van der Waals surface area (Å²) in [5.41, 5.74) is 1.16. The summed E-state index contributed by atoms with van der Waals surface area (Å²) in [4.78, 5) is 2.40. The third kappa shape index (κ3) is 3.62. The van der Waals surface area contributed by atoms with Gasteiger partial charge in [0, 0.05) is 26.1 Å². The number of halogens is 1. The molecule has 1 aromatic rings. The first-order chi connectivity index (χ1) is 10.1. The van der Waals surface area contributed by atoms with Crippen molar-refractivity contribution < 1.29 is 14.2 Å². The van der Waals surface area contributed by atoms with E-state index in [0.29, 0.717) is 24.0 Å². The highest BCUT2D eigenvalue weighted by Crippen LogP contribution is 2.38. The zero-order chi connectivity index (χ0) is 14.8. The third-order valence-corrected chi connectivity index (χ3v) is 4.04. The second-order valence-electron chi connectivity index (χ2n) is 5.91. The molecule has 0 N–H and O–H groups in total. The van der Waals surface area contributed by atoms with Crippen molar-refractivity contribution in [3.63, 3.8) is 0 Å². The van der Waals surface area contributed by atoms with E-state index in [-0.39, 0.29) is 12.2 Å². The number of rotatable bonds is 2. The summed E-state index contributed by atoms with van der Waals surface area (Å²) in [6.45, 7) is 8.30. The van der Waals surface area contributed by atoms with Gasteiger partial charge in [-0.15, -0.1) is 0 Å². The van der Waals surface area contributed by atoms with Gasteiger partial charge in [0.1, 0.15) is 0 Å². The molecule has 116 valence electrons. The number of hydrogen-bond acceptors (Lipinski definition) is 4. The van der Waals surface area contributed by atoms with E-state index in [1.807, 2.05) is 6.07 Å². The monoisotopic (exact) mass is 311 g/mol. The number of benzene rings is 1. The first kappa shape index (κ1) is 14.9. The molecule has 0 aromatic heterocycles. The summed E-state index contributed by atoms with van der Waals surface area (Å²) in [5, 5.41) is 0.638. The quantitative estimate of drug-likeness (QED) is 0.840. The molecule has 1 aromatic carbocycles.